The van der Waals surface area contributed by atoms with E-state index in [1.54, 1.807) is 0 Å². The molecule has 1 aromatic carbocycles. The first-order valence-electron chi connectivity index (χ1n) is 7.97. The monoisotopic (exact) mass is 308 g/mol. The largest absolute Gasteiger partial charge is 0.356 e. The third-order valence-corrected chi connectivity index (χ3v) is 4.21. The summed E-state index contributed by atoms with van der Waals surface area (Å²) in [6.45, 7) is 3.87. The van der Waals surface area contributed by atoms with E-state index in [2.05, 4.69) is 10.2 Å². The van der Waals surface area contributed by atoms with Gasteiger partial charge in [0.2, 0.25) is 5.91 Å². The fraction of sp³-hybridized carbons (Fsp3) is 0.588. The molecule has 116 valence electrons. The predicted molar refractivity (Wildman–Crippen MR) is 87.7 cm³/mol. The predicted octanol–water partition coefficient (Wildman–Crippen LogP) is 3.26. The first-order valence-corrected chi connectivity index (χ1v) is 8.35. The van der Waals surface area contributed by atoms with Crippen molar-refractivity contribution >= 4 is 17.5 Å². The molecule has 0 aromatic heterocycles. The molecule has 2 rings (SSSR count). The highest BCUT2D eigenvalue weighted by molar-refractivity contribution is 6.30. The summed E-state index contributed by atoms with van der Waals surface area (Å²) in [6, 6.07) is 7.80. The average molecular weight is 309 g/mol. The quantitative estimate of drug-likeness (QED) is 0.875. The second kappa shape index (κ2) is 9.06. The number of rotatable bonds is 6. The van der Waals surface area contributed by atoms with Crippen LogP contribution in [0.15, 0.2) is 24.3 Å². The van der Waals surface area contributed by atoms with Crippen molar-refractivity contribution < 1.29 is 4.79 Å². The van der Waals surface area contributed by atoms with Crippen molar-refractivity contribution in [2.75, 3.05) is 26.2 Å². The second-order valence-corrected chi connectivity index (χ2v) is 6.17. The van der Waals surface area contributed by atoms with Crippen molar-refractivity contribution in [2.45, 2.75) is 38.5 Å². The maximum Gasteiger partial charge on any atom is 0.221 e. The first-order chi connectivity index (χ1) is 10.2. The Morgan fingerprint density at radius 1 is 1.19 bits per heavy atom. The van der Waals surface area contributed by atoms with E-state index in [1.165, 1.54) is 25.7 Å². The fourth-order valence-electron chi connectivity index (χ4n) is 2.75. The SMILES string of the molecule is O=C(CCN1CCCCCC1)NCCc1cccc(Cl)c1. The zero-order valence-corrected chi connectivity index (χ0v) is 13.4. The molecule has 1 aliphatic rings. The first kappa shape index (κ1) is 16.3. The molecule has 21 heavy (non-hydrogen) atoms. The van der Waals surface area contributed by atoms with Crippen LogP contribution in [0.4, 0.5) is 0 Å². The number of hydrogen-bond acceptors (Lipinski definition) is 2. The Morgan fingerprint density at radius 2 is 1.95 bits per heavy atom. The van der Waals surface area contributed by atoms with Crippen molar-refractivity contribution in [2.24, 2.45) is 0 Å². The molecule has 1 amide bonds. The van der Waals surface area contributed by atoms with Gasteiger partial charge in [-0.3, -0.25) is 4.79 Å². The van der Waals surface area contributed by atoms with Crippen LogP contribution < -0.4 is 5.32 Å². The second-order valence-electron chi connectivity index (χ2n) is 5.74. The van der Waals surface area contributed by atoms with E-state index in [0.717, 1.165) is 36.6 Å². The summed E-state index contributed by atoms with van der Waals surface area (Å²) in [5, 5.41) is 3.75. The number of amides is 1. The van der Waals surface area contributed by atoms with Gasteiger partial charge in [0.15, 0.2) is 0 Å². The van der Waals surface area contributed by atoms with Crippen LogP contribution in [0.3, 0.4) is 0 Å². The van der Waals surface area contributed by atoms with Gasteiger partial charge in [0, 0.05) is 24.5 Å². The smallest absolute Gasteiger partial charge is 0.221 e. The summed E-state index contributed by atoms with van der Waals surface area (Å²) in [4.78, 5) is 14.3. The number of hydrogen-bond donors (Lipinski definition) is 1. The van der Waals surface area contributed by atoms with Gasteiger partial charge in [-0.25, -0.2) is 0 Å². The van der Waals surface area contributed by atoms with Crippen LogP contribution in [0, 0.1) is 0 Å². The molecule has 0 aliphatic carbocycles. The zero-order chi connectivity index (χ0) is 14.9. The number of carbonyl (C=O) groups is 1. The van der Waals surface area contributed by atoms with E-state index < -0.39 is 0 Å². The van der Waals surface area contributed by atoms with Gasteiger partial charge >= 0.3 is 0 Å². The lowest BCUT2D eigenvalue weighted by Gasteiger charge is -2.19. The van der Waals surface area contributed by atoms with Crippen molar-refractivity contribution in [3.8, 4) is 0 Å². The standard InChI is InChI=1S/C17H25ClN2O/c18-16-7-5-6-15(14-16)8-10-19-17(21)9-13-20-11-3-1-2-4-12-20/h5-7,14H,1-4,8-13H2,(H,19,21). The minimum atomic E-state index is 0.154. The van der Waals surface area contributed by atoms with E-state index in [1.807, 2.05) is 24.3 Å². The summed E-state index contributed by atoms with van der Waals surface area (Å²) in [5.74, 6) is 0.154. The van der Waals surface area contributed by atoms with Crippen LogP contribution in [0.2, 0.25) is 5.02 Å². The maximum atomic E-state index is 11.9. The zero-order valence-electron chi connectivity index (χ0n) is 12.6. The lowest BCUT2D eigenvalue weighted by atomic mass is 10.1. The highest BCUT2D eigenvalue weighted by Crippen LogP contribution is 2.11. The number of likely N-dealkylation sites (tertiary alicyclic amines) is 1. The highest BCUT2D eigenvalue weighted by atomic mass is 35.5. The Balaban J connectivity index is 1.61. The molecule has 0 bridgehead atoms. The molecule has 0 spiro atoms. The van der Waals surface area contributed by atoms with E-state index in [9.17, 15) is 4.79 Å². The average Bonchev–Trinajstić information content (AvgIpc) is 2.74. The molecule has 3 nitrogen and oxygen atoms in total. The molecule has 0 radical (unpaired) electrons. The van der Waals surface area contributed by atoms with Crippen molar-refractivity contribution in [1.82, 2.24) is 10.2 Å². The molecule has 0 atom stereocenters. The van der Waals surface area contributed by atoms with E-state index in [-0.39, 0.29) is 5.91 Å². The van der Waals surface area contributed by atoms with Crippen LogP contribution in [0.5, 0.6) is 0 Å². The van der Waals surface area contributed by atoms with Crippen LogP contribution in [-0.4, -0.2) is 37.0 Å². The topological polar surface area (TPSA) is 32.3 Å². The van der Waals surface area contributed by atoms with Gasteiger partial charge in [-0.2, -0.15) is 0 Å². The lowest BCUT2D eigenvalue weighted by Crippen LogP contribution is -2.32. The number of carbonyl (C=O) groups excluding carboxylic acids is 1. The van der Waals surface area contributed by atoms with Crippen LogP contribution >= 0.6 is 11.6 Å². The van der Waals surface area contributed by atoms with E-state index in [0.29, 0.717) is 13.0 Å². The maximum absolute atomic E-state index is 11.9. The van der Waals surface area contributed by atoms with Crippen molar-refractivity contribution in [3.63, 3.8) is 0 Å². The molecule has 1 N–H and O–H groups in total. The number of benzene rings is 1. The fourth-order valence-corrected chi connectivity index (χ4v) is 2.96. The van der Waals surface area contributed by atoms with Gasteiger partial charge in [0.05, 0.1) is 0 Å². The summed E-state index contributed by atoms with van der Waals surface area (Å²) in [6.07, 6.45) is 6.66. The Morgan fingerprint density at radius 3 is 2.67 bits per heavy atom. The van der Waals surface area contributed by atoms with Crippen LogP contribution in [-0.2, 0) is 11.2 Å². The van der Waals surface area contributed by atoms with Gasteiger partial charge < -0.3 is 10.2 Å². The van der Waals surface area contributed by atoms with Gasteiger partial charge in [-0.05, 0) is 50.0 Å². The van der Waals surface area contributed by atoms with Gasteiger partial charge in [-0.15, -0.1) is 0 Å². The molecule has 4 heteroatoms. The molecular formula is C17H25ClN2O. The third kappa shape index (κ3) is 6.49. The van der Waals surface area contributed by atoms with E-state index in [4.69, 9.17) is 11.6 Å². The summed E-state index contributed by atoms with van der Waals surface area (Å²) < 4.78 is 0. The molecule has 1 fully saturated rings. The van der Waals surface area contributed by atoms with Crippen molar-refractivity contribution in [1.29, 1.82) is 0 Å². The Labute approximate surface area is 132 Å². The van der Waals surface area contributed by atoms with E-state index >= 15 is 0 Å². The summed E-state index contributed by atoms with van der Waals surface area (Å²) in [7, 11) is 0. The van der Waals surface area contributed by atoms with Gasteiger partial charge in [0.1, 0.15) is 0 Å². The van der Waals surface area contributed by atoms with Crippen molar-refractivity contribution in [3.05, 3.63) is 34.9 Å². The van der Waals surface area contributed by atoms with Crippen LogP contribution in [0.25, 0.3) is 0 Å². The Kier molecular flexibility index (Phi) is 7.04. The Hall–Kier alpha value is -1.06. The van der Waals surface area contributed by atoms with Gasteiger partial charge in [-0.1, -0.05) is 36.6 Å². The molecule has 1 heterocycles. The molecule has 1 aromatic rings. The molecule has 0 unspecified atom stereocenters. The highest BCUT2D eigenvalue weighted by Gasteiger charge is 2.10. The molecular weight excluding hydrogens is 284 g/mol. The number of nitrogens with zero attached hydrogens (tertiary/aromatic N) is 1. The number of halogens is 1. The Bertz CT molecular complexity index is 442. The summed E-state index contributed by atoms with van der Waals surface area (Å²) in [5.41, 5.74) is 1.16. The minimum absolute atomic E-state index is 0.154. The number of nitrogens with one attached hydrogen (secondary N) is 1. The lowest BCUT2D eigenvalue weighted by molar-refractivity contribution is -0.121. The third-order valence-electron chi connectivity index (χ3n) is 3.98. The minimum Gasteiger partial charge on any atom is -0.356 e. The van der Waals surface area contributed by atoms with Gasteiger partial charge in [0.25, 0.3) is 0 Å². The van der Waals surface area contributed by atoms with Crippen LogP contribution in [0.1, 0.15) is 37.7 Å². The molecule has 1 saturated heterocycles. The molecule has 1 aliphatic heterocycles. The summed E-state index contributed by atoms with van der Waals surface area (Å²) >= 11 is 5.94. The molecule has 0 saturated carbocycles. The normalized spacial score (nSPS) is 16.4.